The van der Waals surface area contributed by atoms with Gasteiger partial charge in [-0.3, -0.25) is 29.0 Å². The Balaban J connectivity index is 1.52. The number of carbonyl (C=O) groups excluding carboxylic acids is 4. The minimum atomic E-state index is -1.93. The van der Waals surface area contributed by atoms with Gasteiger partial charge in [0, 0.05) is 10.9 Å². The van der Waals surface area contributed by atoms with Crippen molar-refractivity contribution in [1.82, 2.24) is 4.90 Å². The minimum absolute atomic E-state index is 0.104. The highest BCUT2D eigenvalue weighted by Crippen LogP contribution is 2.65. The van der Waals surface area contributed by atoms with Gasteiger partial charge in [-0.05, 0) is 67.6 Å². The second kappa shape index (κ2) is 10.0. The lowest BCUT2D eigenvalue weighted by atomic mass is 9.56. The first kappa shape index (κ1) is 28.5. The number of anilines is 1. The lowest BCUT2D eigenvalue weighted by Gasteiger charge is -2.50. The molecule has 4 aliphatic rings. The van der Waals surface area contributed by atoms with Crippen LogP contribution in [0.25, 0.3) is 0 Å². The van der Waals surface area contributed by atoms with Gasteiger partial charge in [0.05, 0.1) is 29.6 Å². The minimum Gasteiger partial charge on any atom is -0.504 e. The van der Waals surface area contributed by atoms with E-state index < -0.39 is 51.1 Å². The molecule has 2 aliphatic carbocycles. The monoisotopic (exact) mass is 680 g/mol. The molecule has 2 aliphatic heterocycles. The zero-order valence-electron chi connectivity index (χ0n) is 21.7. The Bertz CT molecular complexity index is 1530. The van der Waals surface area contributed by atoms with Crippen molar-refractivity contribution in [3.05, 3.63) is 64.7 Å². The van der Waals surface area contributed by atoms with E-state index in [0.29, 0.717) is 21.8 Å². The molecule has 6 unspecified atom stereocenters. The first-order chi connectivity index (χ1) is 19.5. The molecule has 0 aromatic heterocycles. The molecule has 0 bridgehead atoms. The van der Waals surface area contributed by atoms with Crippen LogP contribution in [0.15, 0.2) is 54.1 Å². The number of phenolic OH excluding ortho intramolecular Hbond substituents is 1. The topological polar surface area (TPSA) is 104 Å². The number of benzene rings is 2. The molecule has 12 heteroatoms. The number of likely N-dealkylation sites (tertiary alicyclic amines) is 1. The smallest absolute Gasteiger partial charge is 0.254 e. The number of hydrogen-bond donors (Lipinski definition) is 1. The quantitative estimate of drug-likeness (QED) is 0.197. The van der Waals surface area contributed by atoms with E-state index in [2.05, 4.69) is 15.9 Å². The van der Waals surface area contributed by atoms with Gasteiger partial charge in [0.2, 0.25) is 11.8 Å². The van der Waals surface area contributed by atoms with Crippen LogP contribution in [0.4, 0.5) is 5.69 Å². The molecule has 2 saturated heterocycles. The predicted octanol–water partition coefficient (Wildman–Crippen LogP) is 5.36. The molecular weight excluding hydrogens is 659 g/mol. The fraction of sp³-hybridized carbons (Fsp3) is 0.379. The summed E-state index contributed by atoms with van der Waals surface area (Å²) in [6.07, 6.45) is 1.99. The SMILES string of the molecule is CCOc1cc(C2C3=CCC4C(=O)N(c5ccc(Cl)cc5)C(=O)C4C3CC3(Cl)C(=O)N(CBr)C(=O)C23Cl)ccc1O. The third-order valence-electron chi connectivity index (χ3n) is 8.72. The van der Waals surface area contributed by atoms with Crippen molar-refractivity contribution >= 4 is 80.0 Å². The van der Waals surface area contributed by atoms with Crippen molar-refractivity contribution < 1.29 is 29.0 Å². The van der Waals surface area contributed by atoms with E-state index in [9.17, 15) is 24.3 Å². The molecule has 41 heavy (non-hydrogen) atoms. The third-order valence-corrected chi connectivity index (χ3v) is 10.9. The van der Waals surface area contributed by atoms with E-state index in [0.717, 1.165) is 4.90 Å². The van der Waals surface area contributed by atoms with Gasteiger partial charge in [-0.2, -0.15) is 0 Å². The van der Waals surface area contributed by atoms with Gasteiger partial charge in [-0.25, -0.2) is 0 Å². The number of rotatable bonds is 5. The number of phenols is 1. The van der Waals surface area contributed by atoms with E-state index in [-0.39, 0.29) is 42.3 Å². The first-order valence-electron chi connectivity index (χ1n) is 13.1. The maximum Gasteiger partial charge on any atom is 0.254 e. The van der Waals surface area contributed by atoms with Crippen LogP contribution in [0, 0.1) is 17.8 Å². The standard InChI is InChI=1S/C29H24BrCl3N2O6/c1-2-41-21-11-14(3-10-20(21)36)23-17-8-9-18-22(25(38)35(24(18)37)16-6-4-15(31)5-7-16)19(17)12-28(32)26(39)34(13-30)27(40)29(23,28)33/h3-8,10-11,18-19,22-23,36H,2,9,12-13H2,1H3. The Morgan fingerprint density at radius 1 is 1.02 bits per heavy atom. The zero-order chi connectivity index (χ0) is 29.4. The maximum absolute atomic E-state index is 14.0. The average molecular weight is 683 g/mol. The molecule has 0 radical (unpaired) electrons. The number of alkyl halides is 3. The molecule has 6 atom stereocenters. The van der Waals surface area contributed by atoms with Gasteiger partial charge in [0.1, 0.15) is 0 Å². The summed E-state index contributed by atoms with van der Waals surface area (Å²) in [6.45, 7) is 2.04. The second-order valence-electron chi connectivity index (χ2n) is 10.6. The van der Waals surface area contributed by atoms with E-state index >= 15 is 0 Å². The van der Waals surface area contributed by atoms with Gasteiger partial charge in [0.15, 0.2) is 21.2 Å². The summed E-state index contributed by atoms with van der Waals surface area (Å²) in [6, 6.07) is 11.0. The van der Waals surface area contributed by atoms with Crippen LogP contribution < -0.4 is 9.64 Å². The van der Waals surface area contributed by atoms with Crippen molar-refractivity contribution in [2.75, 3.05) is 17.0 Å². The summed E-state index contributed by atoms with van der Waals surface area (Å²) in [5.41, 5.74) is 1.43. The Hall–Kier alpha value is -2.59. The highest BCUT2D eigenvalue weighted by atomic mass is 79.9. The van der Waals surface area contributed by atoms with Crippen molar-refractivity contribution in [2.45, 2.75) is 35.4 Å². The summed E-state index contributed by atoms with van der Waals surface area (Å²) < 4.78 is 5.61. The molecule has 1 N–H and O–H groups in total. The normalized spacial score (nSPS) is 32.6. The number of imide groups is 2. The summed E-state index contributed by atoms with van der Waals surface area (Å²) in [5, 5.41) is 10.9. The molecule has 1 saturated carbocycles. The molecule has 3 fully saturated rings. The molecule has 214 valence electrons. The molecule has 2 heterocycles. The van der Waals surface area contributed by atoms with Crippen LogP contribution in [0.3, 0.4) is 0 Å². The fourth-order valence-corrected chi connectivity index (χ4v) is 8.50. The molecule has 4 amide bonds. The second-order valence-corrected chi connectivity index (χ2v) is 12.8. The van der Waals surface area contributed by atoms with Gasteiger partial charge < -0.3 is 9.84 Å². The number of halogens is 4. The van der Waals surface area contributed by atoms with Crippen molar-refractivity contribution in [2.24, 2.45) is 17.8 Å². The molecule has 2 aromatic rings. The maximum atomic E-state index is 14.0. The van der Waals surface area contributed by atoms with Crippen LogP contribution >= 0.6 is 50.7 Å². The van der Waals surface area contributed by atoms with E-state index in [4.69, 9.17) is 39.5 Å². The number of fused-ring (bicyclic) bond motifs is 4. The largest absolute Gasteiger partial charge is 0.504 e. The van der Waals surface area contributed by atoms with Gasteiger partial charge in [-0.1, -0.05) is 45.2 Å². The highest BCUT2D eigenvalue weighted by Gasteiger charge is 2.76. The summed E-state index contributed by atoms with van der Waals surface area (Å²) in [4.78, 5) is 53.5. The Labute approximate surface area is 259 Å². The number of amides is 4. The Kier molecular flexibility index (Phi) is 6.96. The predicted molar refractivity (Wildman–Crippen MR) is 157 cm³/mol. The lowest BCUT2D eigenvalue weighted by molar-refractivity contribution is -0.138. The third kappa shape index (κ3) is 3.85. The average Bonchev–Trinajstić information content (AvgIpc) is 3.28. The number of carbonyl (C=O) groups is 4. The highest BCUT2D eigenvalue weighted by molar-refractivity contribution is 9.09. The van der Waals surface area contributed by atoms with Crippen molar-refractivity contribution in [3.63, 3.8) is 0 Å². The first-order valence-corrected chi connectivity index (χ1v) is 15.3. The molecular formula is C29H24BrCl3N2O6. The molecule has 2 aromatic carbocycles. The van der Waals surface area contributed by atoms with Gasteiger partial charge in [0.25, 0.3) is 11.8 Å². The van der Waals surface area contributed by atoms with Crippen molar-refractivity contribution in [3.8, 4) is 11.5 Å². The van der Waals surface area contributed by atoms with E-state index in [1.54, 1.807) is 43.3 Å². The van der Waals surface area contributed by atoms with Crippen LogP contribution in [-0.2, 0) is 19.2 Å². The fourth-order valence-electron chi connectivity index (χ4n) is 6.95. The summed E-state index contributed by atoms with van der Waals surface area (Å²) >= 11 is 23.7. The number of allylic oxidation sites excluding steroid dienone is 2. The van der Waals surface area contributed by atoms with Crippen LogP contribution in [0.2, 0.25) is 5.02 Å². The lowest BCUT2D eigenvalue weighted by Crippen LogP contribution is -2.60. The van der Waals surface area contributed by atoms with Crippen LogP contribution in [-0.4, -0.2) is 55.4 Å². The molecule has 0 spiro atoms. The number of hydrogen-bond acceptors (Lipinski definition) is 6. The Morgan fingerprint density at radius 2 is 1.73 bits per heavy atom. The van der Waals surface area contributed by atoms with Gasteiger partial charge in [-0.15, -0.1) is 23.2 Å². The van der Waals surface area contributed by atoms with Gasteiger partial charge >= 0.3 is 0 Å². The zero-order valence-corrected chi connectivity index (χ0v) is 25.5. The summed E-state index contributed by atoms with van der Waals surface area (Å²) in [7, 11) is 0. The summed E-state index contributed by atoms with van der Waals surface area (Å²) in [5.74, 6) is -5.11. The number of aromatic hydroxyl groups is 1. The van der Waals surface area contributed by atoms with E-state index in [1.165, 1.54) is 11.0 Å². The molecule has 8 nitrogen and oxygen atoms in total. The van der Waals surface area contributed by atoms with Crippen molar-refractivity contribution in [1.29, 1.82) is 0 Å². The number of nitrogens with zero attached hydrogens (tertiary/aromatic N) is 2. The molecule has 6 rings (SSSR count). The van der Waals surface area contributed by atoms with E-state index in [1.807, 2.05) is 6.08 Å². The van der Waals surface area contributed by atoms with Crippen LogP contribution in [0.1, 0.15) is 31.2 Å². The van der Waals surface area contributed by atoms with Crippen LogP contribution in [0.5, 0.6) is 11.5 Å². The Morgan fingerprint density at radius 3 is 2.39 bits per heavy atom. The number of ether oxygens (including phenoxy) is 1.